The number of rotatable bonds is 8. The Kier molecular flexibility index (Phi) is 7.23. The maximum Gasteiger partial charge on any atom is 0.127 e. The van der Waals surface area contributed by atoms with Gasteiger partial charge in [0.05, 0.1) is 0 Å². The smallest absolute Gasteiger partial charge is 0.127 e. The summed E-state index contributed by atoms with van der Waals surface area (Å²) in [6.07, 6.45) is 9.32. The van der Waals surface area contributed by atoms with Gasteiger partial charge in [0.2, 0.25) is 0 Å². The van der Waals surface area contributed by atoms with Crippen LogP contribution >= 0.6 is 0 Å². The maximum absolute atomic E-state index is 6.72. The van der Waals surface area contributed by atoms with Crippen LogP contribution < -0.4 is 9.47 Å². The largest absolute Gasteiger partial charge is 0.488 e. The van der Waals surface area contributed by atoms with Crippen LogP contribution in [0.1, 0.15) is 82.4 Å². The molecule has 0 fully saturated rings. The number of allylic oxidation sites excluding steroid dienone is 2. The van der Waals surface area contributed by atoms with Gasteiger partial charge in [0.25, 0.3) is 0 Å². The van der Waals surface area contributed by atoms with Gasteiger partial charge in [-0.1, -0.05) is 86.0 Å². The molecule has 0 N–H and O–H groups in total. The van der Waals surface area contributed by atoms with E-state index in [1.54, 1.807) is 0 Å². The van der Waals surface area contributed by atoms with E-state index in [1.807, 2.05) is 0 Å². The minimum absolute atomic E-state index is 0.179. The monoisotopic (exact) mass is 480 g/mol. The van der Waals surface area contributed by atoms with Gasteiger partial charge in [-0.15, -0.1) is 0 Å². The summed E-state index contributed by atoms with van der Waals surface area (Å²) in [6.45, 7) is 9.62. The average Bonchev–Trinajstić information content (AvgIpc) is 2.87. The van der Waals surface area contributed by atoms with Crippen LogP contribution in [0.2, 0.25) is 0 Å². The molecule has 0 unspecified atom stereocenters. The van der Waals surface area contributed by atoms with Gasteiger partial charge < -0.3 is 9.47 Å². The lowest BCUT2D eigenvalue weighted by atomic mass is 9.67. The van der Waals surface area contributed by atoms with Gasteiger partial charge in [-0.05, 0) is 80.8 Å². The van der Waals surface area contributed by atoms with Crippen molar-refractivity contribution in [1.82, 2.24) is 0 Å². The van der Waals surface area contributed by atoms with Crippen LogP contribution in [0, 0.1) is 5.92 Å². The van der Waals surface area contributed by atoms with Gasteiger partial charge in [0.15, 0.2) is 0 Å². The van der Waals surface area contributed by atoms with E-state index in [2.05, 4.69) is 101 Å². The zero-order valence-corrected chi connectivity index (χ0v) is 22.3. The number of unbranched alkanes of at least 4 members (excludes halogenated alkanes) is 2. The standard InChI is InChI=1S/C34H40O2/c1-5-6-8-11-26-21-31(35-23-25-15-17-28(18-16-25)27-12-9-7-10-13-27)33-29-20-24(2)14-19-30(29)34(3,4)36-32(33)22-26/h7,9-10,12-18,21-22,29-30H,5-6,8,11,19-20,23H2,1-4H3/t29-,30-/m1/s1. The van der Waals surface area contributed by atoms with Gasteiger partial charge in [-0.2, -0.15) is 0 Å². The van der Waals surface area contributed by atoms with E-state index in [0.29, 0.717) is 18.4 Å². The van der Waals surface area contributed by atoms with E-state index in [0.717, 1.165) is 30.8 Å². The fourth-order valence-electron chi connectivity index (χ4n) is 6.03. The fourth-order valence-corrected chi connectivity index (χ4v) is 6.03. The van der Waals surface area contributed by atoms with E-state index in [4.69, 9.17) is 9.47 Å². The number of aryl methyl sites for hydroxylation is 1. The predicted molar refractivity (Wildman–Crippen MR) is 150 cm³/mol. The zero-order chi connectivity index (χ0) is 25.1. The van der Waals surface area contributed by atoms with Crippen LogP contribution in [0.4, 0.5) is 0 Å². The molecular formula is C34H40O2. The minimum Gasteiger partial charge on any atom is -0.488 e. The summed E-state index contributed by atoms with van der Waals surface area (Å²) in [4.78, 5) is 0. The molecule has 3 aromatic carbocycles. The highest BCUT2D eigenvalue weighted by Gasteiger charge is 2.45. The average molecular weight is 481 g/mol. The molecule has 0 amide bonds. The Hall–Kier alpha value is -3.00. The van der Waals surface area contributed by atoms with Crippen molar-refractivity contribution in [1.29, 1.82) is 0 Å². The first-order valence-corrected chi connectivity index (χ1v) is 13.7. The van der Waals surface area contributed by atoms with Crippen molar-refractivity contribution >= 4 is 0 Å². The van der Waals surface area contributed by atoms with Crippen LogP contribution in [-0.4, -0.2) is 5.60 Å². The highest BCUT2D eigenvalue weighted by Crippen LogP contribution is 2.54. The Bertz CT molecular complexity index is 1200. The lowest BCUT2D eigenvalue weighted by Crippen LogP contribution is -2.45. The van der Waals surface area contributed by atoms with E-state index >= 15 is 0 Å². The highest BCUT2D eigenvalue weighted by atomic mass is 16.5. The molecule has 2 heteroatoms. The maximum atomic E-state index is 6.72. The Morgan fingerprint density at radius 2 is 1.67 bits per heavy atom. The van der Waals surface area contributed by atoms with Crippen LogP contribution in [0.5, 0.6) is 11.5 Å². The normalized spacial score (nSPS) is 20.1. The Labute approximate surface area is 217 Å². The van der Waals surface area contributed by atoms with E-state index in [-0.39, 0.29) is 5.60 Å². The van der Waals surface area contributed by atoms with Crippen LogP contribution in [0.15, 0.2) is 78.4 Å². The first kappa shape index (κ1) is 24.7. The van der Waals surface area contributed by atoms with Crippen molar-refractivity contribution in [2.45, 2.75) is 84.3 Å². The lowest BCUT2D eigenvalue weighted by molar-refractivity contribution is 0.00715. The van der Waals surface area contributed by atoms with Gasteiger partial charge >= 0.3 is 0 Å². The summed E-state index contributed by atoms with van der Waals surface area (Å²) < 4.78 is 13.4. The van der Waals surface area contributed by atoms with Crippen LogP contribution in [0.25, 0.3) is 11.1 Å². The number of hydrogen-bond acceptors (Lipinski definition) is 2. The molecule has 0 spiro atoms. The third-order valence-electron chi connectivity index (χ3n) is 8.07. The van der Waals surface area contributed by atoms with Crippen molar-refractivity contribution in [2.75, 3.05) is 0 Å². The molecule has 0 radical (unpaired) electrons. The Morgan fingerprint density at radius 1 is 0.917 bits per heavy atom. The molecule has 0 aromatic heterocycles. The molecule has 0 bridgehead atoms. The lowest BCUT2D eigenvalue weighted by Gasteiger charge is -2.47. The number of ether oxygens (including phenoxy) is 2. The molecule has 36 heavy (non-hydrogen) atoms. The summed E-state index contributed by atoms with van der Waals surface area (Å²) in [6, 6.07) is 23.9. The second-order valence-corrected chi connectivity index (χ2v) is 11.2. The molecular weight excluding hydrogens is 440 g/mol. The fraction of sp³-hybridized carbons (Fsp3) is 0.412. The zero-order valence-electron chi connectivity index (χ0n) is 22.3. The van der Waals surface area contributed by atoms with Gasteiger partial charge in [0.1, 0.15) is 23.7 Å². The van der Waals surface area contributed by atoms with Crippen molar-refractivity contribution in [3.8, 4) is 22.6 Å². The van der Waals surface area contributed by atoms with Crippen molar-refractivity contribution < 1.29 is 9.47 Å². The molecule has 2 aliphatic rings. The topological polar surface area (TPSA) is 18.5 Å². The summed E-state index contributed by atoms with van der Waals surface area (Å²) >= 11 is 0. The molecule has 1 heterocycles. The number of hydrogen-bond donors (Lipinski definition) is 0. The first-order valence-electron chi connectivity index (χ1n) is 13.7. The number of fused-ring (bicyclic) bond motifs is 3. The first-order chi connectivity index (χ1) is 17.4. The second-order valence-electron chi connectivity index (χ2n) is 11.2. The highest BCUT2D eigenvalue weighted by molar-refractivity contribution is 5.63. The van der Waals surface area contributed by atoms with Crippen molar-refractivity contribution in [2.24, 2.45) is 5.92 Å². The third-order valence-corrected chi connectivity index (χ3v) is 8.07. The van der Waals surface area contributed by atoms with Crippen molar-refractivity contribution in [3.05, 3.63) is 95.1 Å². The minimum atomic E-state index is -0.179. The van der Waals surface area contributed by atoms with E-state index in [9.17, 15) is 0 Å². The summed E-state index contributed by atoms with van der Waals surface area (Å²) in [5, 5.41) is 0. The SMILES string of the molecule is CCCCCc1cc(OCc2ccc(-c3ccccc3)cc2)c2c(c1)OC(C)(C)[C@@H]1CC=C(C)C[C@@H]21. The van der Waals surface area contributed by atoms with Gasteiger partial charge in [-0.25, -0.2) is 0 Å². The molecule has 1 aliphatic heterocycles. The molecule has 2 atom stereocenters. The Balaban J connectivity index is 1.44. The van der Waals surface area contributed by atoms with E-state index < -0.39 is 0 Å². The molecule has 0 saturated heterocycles. The van der Waals surface area contributed by atoms with Gasteiger partial charge in [-0.3, -0.25) is 0 Å². The molecule has 5 rings (SSSR count). The second kappa shape index (κ2) is 10.5. The quantitative estimate of drug-likeness (QED) is 0.236. The van der Waals surface area contributed by atoms with Crippen LogP contribution in [-0.2, 0) is 13.0 Å². The summed E-state index contributed by atoms with van der Waals surface area (Å²) in [5.41, 5.74) is 7.58. The molecule has 0 saturated carbocycles. The molecule has 3 aromatic rings. The van der Waals surface area contributed by atoms with Crippen LogP contribution in [0.3, 0.4) is 0 Å². The molecule has 1 aliphatic carbocycles. The summed E-state index contributed by atoms with van der Waals surface area (Å²) in [7, 11) is 0. The molecule has 2 nitrogen and oxygen atoms in total. The predicted octanol–water partition coefficient (Wildman–Crippen LogP) is 9.28. The van der Waals surface area contributed by atoms with Crippen molar-refractivity contribution in [3.63, 3.8) is 0 Å². The Morgan fingerprint density at radius 3 is 2.42 bits per heavy atom. The van der Waals surface area contributed by atoms with E-state index in [1.165, 1.54) is 52.7 Å². The number of benzene rings is 3. The van der Waals surface area contributed by atoms with Gasteiger partial charge in [0, 0.05) is 17.4 Å². The third kappa shape index (κ3) is 5.24. The molecule has 188 valence electrons. The summed E-state index contributed by atoms with van der Waals surface area (Å²) in [5.74, 6) is 2.96.